The number of carbonyl (C=O) groups is 1. The summed E-state index contributed by atoms with van der Waals surface area (Å²) in [5.41, 5.74) is 6.98. The second-order valence-electron chi connectivity index (χ2n) is 6.41. The van der Waals surface area contributed by atoms with Crippen molar-refractivity contribution in [1.82, 2.24) is 5.32 Å². The zero-order chi connectivity index (χ0) is 17.6. The molecule has 3 N–H and O–H groups in total. The molecule has 1 aliphatic carbocycles. The van der Waals surface area contributed by atoms with Gasteiger partial charge >= 0.3 is 0 Å². The Bertz CT molecular complexity index is 735. The normalized spacial score (nSPS) is 19.7. The van der Waals surface area contributed by atoms with Crippen molar-refractivity contribution in [2.75, 3.05) is 0 Å². The van der Waals surface area contributed by atoms with Crippen LogP contribution >= 0.6 is 0 Å². The molecule has 0 aromatic heterocycles. The molecule has 3 rings (SSSR count). The average molecular weight is 342 g/mol. The Morgan fingerprint density at radius 1 is 1.12 bits per heavy atom. The second kappa shape index (κ2) is 8.12. The number of nitrogens with one attached hydrogen (secondary N) is 1. The highest BCUT2D eigenvalue weighted by atomic mass is 19.1. The molecular formula is C20H23FN2O2. The maximum atomic E-state index is 13.7. The van der Waals surface area contributed by atoms with E-state index in [0.717, 1.165) is 24.8 Å². The SMILES string of the molecule is NC(=O)C1CCCC1NCc1ccccc1OCc1ccccc1F. The molecule has 25 heavy (non-hydrogen) atoms. The molecule has 5 heteroatoms. The van der Waals surface area contributed by atoms with Gasteiger partial charge in [-0.25, -0.2) is 4.39 Å². The molecule has 2 unspecified atom stereocenters. The maximum Gasteiger partial charge on any atom is 0.222 e. The average Bonchev–Trinajstić information content (AvgIpc) is 3.09. The molecule has 1 saturated carbocycles. The number of hydrogen-bond donors (Lipinski definition) is 2. The summed E-state index contributed by atoms with van der Waals surface area (Å²) in [5, 5.41) is 3.42. The minimum absolute atomic E-state index is 0.105. The maximum absolute atomic E-state index is 13.7. The van der Waals surface area contributed by atoms with Crippen molar-refractivity contribution in [1.29, 1.82) is 0 Å². The van der Waals surface area contributed by atoms with E-state index in [1.165, 1.54) is 6.07 Å². The predicted octanol–water partition coefficient (Wildman–Crippen LogP) is 3.15. The molecule has 0 heterocycles. The largest absolute Gasteiger partial charge is 0.488 e. The fourth-order valence-electron chi connectivity index (χ4n) is 3.35. The van der Waals surface area contributed by atoms with Gasteiger partial charge in [-0.1, -0.05) is 42.8 Å². The summed E-state index contributed by atoms with van der Waals surface area (Å²) >= 11 is 0. The van der Waals surface area contributed by atoms with Crippen molar-refractivity contribution in [3.8, 4) is 5.75 Å². The first-order chi connectivity index (χ1) is 12.1. The lowest BCUT2D eigenvalue weighted by Crippen LogP contribution is -2.38. The molecule has 2 atom stereocenters. The number of rotatable bonds is 7. The van der Waals surface area contributed by atoms with Crippen LogP contribution in [0.2, 0.25) is 0 Å². The third-order valence-electron chi connectivity index (χ3n) is 4.75. The van der Waals surface area contributed by atoms with Crippen molar-refractivity contribution < 1.29 is 13.9 Å². The Morgan fingerprint density at radius 2 is 1.84 bits per heavy atom. The molecule has 0 saturated heterocycles. The predicted molar refractivity (Wildman–Crippen MR) is 94.3 cm³/mol. The van der Waals surface area contributed by atoms with Crippen LogP contribution in [0.3, 0.4) is 0 Å². The first kappa shape index (κ1) is 17.4. The number of primary amides is 1. The molecule has 0 aliphatic heterocycles. The molecule has 132 valence electrons. The zero-order valence-corrected chi connectivity index (χ0v) is 14.1. The highest BCUT2D eigenvalue weighted by Crippen LogP contribution is 2.27. The molecule has 1 amide bonds. The Morgan fingerprint density at radius 3 is 2.60 bits per heavy atom. The molecule has 0 radical (unpaired) electrons. The van der Waals surface area contributed by atoms with E-state index in [0.29, 0.717) is 17.9 Å². The van der Waals surface area contributed by atoms with Crippen LogP contribution in [0.1, 0.15) is 30.4 Å². The summed E-state index contributed by atoms with van der Waals surface area (Å²) in [6.07, 6.45) is 2.81. The summed E-state index contributed by atoms with van der Waals surface area (Å²) < 4.78 is 19.5. The van der Waals surface area contributed by atoms with Crippen molar-refractivity contribution in [3.63, 3.8) is 0 Å². The zero-order valence-electron chi connectivity index (χ0n) is 14.1. The number of amides is 1. The van der Waals surface area contributed by atoms with Gasteiger partial charge in [-0.05, 0) is 25.0 Å². The Balaban J connectivity index is 1.63. The summed E-state index contributed by atoms with van der Waals surface area (Å²) in [6, 6.07) is 14.4. The van der Waals surface area contributed by atoms with Gasteiger partial charge in [0.05, 0.1) is 5.92 Å². The number of hydrogen-bond acceptors (Lipinski definition) is 3. The Hall–Kier alpha value is -2.40. The van der Waals surface area contributed by atoms with Crippen molar-refractivity contribution in [2.24, 2.45) is 11.7 Å². The van der Waals surface area contributed by atoms with E-state index in [1.54, 1.807) is 18.2 Å². The lowest BCUT2D eigenvalue weighted by Gasteiger charge is -2.19. The smallest absolute Gasteiger partial charge is 0.222 e. The highest BCUT2D eigenvalue weighted by molar-refractivity contribution is 5.77. The number of ether oxygens (including phenoxy) is 1. The monoisotopic (exact) mass is 342 g/mol. The van der Waals surface area contributed by atoms with E-state index in [4.69, 9.17) is 10.5 Å². The van der Waals surface area contributed by atoms with Gasteiger partial charge in [0.25, 0.3) is 0 Å². The molecular weight excluding hydrogens is 319 g/mol. The fraction of sp³-hybridized carbons (Fsp3) is 0.350. The molecule has 1 aliphatic rings. The van der Waals surface area contributed by atoms with Crippen LogP contribution in [-0.4, -0.2) is 11.9 Å². The Kier molecular flexibility index (Phi) is 5.66. The van der Waals surface area contributed by atoms with Crippen molar-refractivity contribution in [3.05, 3.63) is 65.5 Å². The molecule has 0 bridgehead atoms. The lowest BCUT2D eigenvalue weighted by atomic mass is 10.0. The number of benzene rings is 2. The first-order valence-electron chi connectivity index (χ1n) is 8.62. The van der Waals surface area contributed by atoms with E-state index < -0.39 is 0 Å². The van der Waals surface area contributed by atoms with Crippen LogP contribution in [-0.2, 0) is 17.9 Å². The van der Waals surface area contributed by atoms with Crippen molar-refractivity contribution >= 4 is 5.91 Å². The number of carbonyl (C=O) groups excluding carboxylic acids is 1. The molecule has 2 aromatic carbocycles. The first-order valence-corrected chi connectivity index (χ1v) is 8.62. The van der Waals surface area contributed by atoms with E-state index >= 15 is 0 Å². The van der Waals surface area contributed by atoms with E-state index in [1.807, 2.05) is 24.3 Å². The second-order valence-corrected chi connectivity index (χ2v) is 6.41. The van der Waals surface area contributed by atoms with Crippen LogP contribution in [0, 0.1) is 11.7 Å². The summed E-state index contributed by atoms with van der Waals surface area (Å²) in [6.45, 7) is 0.763. The van der Waals surface area contributed by atoms with E-state index in [9.17, 15) is 9.18 Å². The molecule has 4 nitrogen and oxygen atoms in total. The minimum Gasteiger partial charge on any atom is -0.488 e. The van der Waals surface area contributed by atoms with Gasteiger partial charge in [-0.15, -0.1) is 0 Å². The van der Waals surface area contributed by atoms with Crippen LogP contribution in [0.25, 0.3) is 0 Å². The molecule has 0 spiro atoms. The fourth-order valence-corrected chi connectivity index (χ4v) is 3.35. The third-order valence-corrected chi connectivity index (χ3v) is 4.75. The third kappa shape index (κ3) is 4.37. The van der Waals surface area contributed by atoms with Crippen LogP contribution in [0.5, 0.6) is 5.75 Å². The number of halogens is 1. The molecule has 2 aromatic rings. The highest BCUT2D eigenvalue weighted by Gasteiger charge is 2.31. The number of nitrogens with two attached hydrogens (primary N) is 1. The number of para-hydroxylation sites is 1. The van der Waals surface area contributed by atoms with Crippen LogP contribution in [0.15, 0.2) is 48.5 Å². The van der Waals surface area contributed by atoms with Gasteiger partial charge in [0.1, 0.15) is 18.2 Å². The summed E-state index contributed by atoms with van der Waals surface area (Å²) in [7, 11) is 0. The topological polar surface area (TPSA) is 64.4 Å². The van der Waals surface area contributed by atoms with Crippen LogP contribution in [0.4, 0.5) is 4.39 Å². The quantitative estimate of drug-likeness (QED) is 0.812. The Labute approximate surface area is 147 Å². The van der Waals surface area contributed by atoms with Gasteiger partial charge in [0.15, 0.2) is 0 Å². The summed E-state index contributed by atoms with van der Waals surface area (Å²) in [5.74, 6) is 0.103. The minimum atomic E-state index is -0.270. The molecule has 1 fully saturated rings. The van der Waals surface area contributed by atoms with E-state index in [-0.39, 0.29) is 30.3 Å². The van der Waals surface area contributed by atoms with Crippen molar-refractivity contribution in [2.45, 2.75) is 38.5 Å². The van der Waals surface area contributed by atoms with Gasteiger partial charge in [0, 0.05) is 23.7 Å². The van der Waals surface area contributed by atoms with Gasteiger partial charge in [-0.3, -0.25) is 4.79 Å². The summed E-state index contributed by atoms with van der Waals surface area (Å²) in [4.78, 5) is 11.5. The van der Waals surface area contributed by atoms with Gasteiger partial charge in [0.2, 0.25) is 5.91 Å². The van der Waals surface area contributed by atoms with Gasteiger partial charge in [-0.2, -0.15) is 0 Å². The van der Waals surface area contributed by atoms with Crippen LogP contribution < -0.4 is 15.8 Å². The van der Waals surface area contributed by atoms with E-state index in [2.05, 4.69) is 5.32 Å². The lowest BCUT2D eigenvalue weighted by molar-refractivity contribution is -0.122. The standard InChI is InChI=1S/C20H23FN2O2/c21-17-9-3-1-7-15(17)13-25-19-11-4-2-6-14(19)12-23-18-10-5-8-16(18)20(22)24/h1-4,6-7,9,11,16,18,23H,5,8,10,12-13H2,(H2,22,24). The van der Waals surface area contributed by atoms with Gasteiger partial charge < -0.3 is 15.8 Å².